The van der Waals surface area contributed by atoms with Gasteiger partial charge in [0.2, 0.25) is 0 Å². The minimum Gasteiger partial charge on any atom is -0.350 e. The van der Waals surface area contributed by atoms with Gasteiger partial charge in [0.05, 0.1) is 0 Å². The molecule has 2 rings (SSSR count). The quantitative estimate of drug-likeness (QED) is 0.581. The van der Waals surface area contributed by atoms with Crippen molar-refractivity contribution in [2.45, 2.75) is 6.42 Å². The zero-order chi connectivity index (χ0) is 14.4. The molecule has 0 atom stereocenters. The second kappa shape index (κ2) is 6.88. The lowest BCUT2D eigenvalue weighted by molar-refractivity contribution is 0.0949. The summed E-state index contributed by atoms with van der Waals surface area (Å²) in [6, 6.07) is 12.6. The summed E-state index contributed by atoms with van der Waals surface area (Å²) >= 11 is 5.81. The molecule has 20 heavy (non-hydrogen) atoms. The molecule has 1 amide bonds. The van der Waals surface area contributed by atoms with E-state index in [0.29, 0.717) is 23.1 Å². The van der Waals surface area contributed by atoms with Crippen LogP contribution < -0.4 is 16.6 Å². The molecule has 1 heterocycles. The van der Waals surface area contributed by atoms with Crippen molar-refractivity contribution in [2.24, 2.45) is 5.84 Å². The maximum absolute atomic E-state index is 11.9. The van der Waals surface area contributed by atoms with E-state index in [2.05, 4.69) is 15.7 Å². The van der Waals surface area contributed by atoms with Gasteiger partial charge in [0.25, 0.3) is 5.91 Å². The van der Waals surface area contributed by atoms with Crippen LogP contribution in [-0.4, -0.2) is 17.4 Å². The number of hydrazine groups is 1. The number of nitrogens with one attached hydrogen (secondary N) is 2. The predicted octanol–water partition coefficient (Wildman–Crippen LogP) is 1.99. The number of anilines is 1. The van der Waals surface area contributed by atoms with Gasteiger partial charge in [-0.3, -0.25) is 4.79 Å². The van der Waals surface area contributed by atoms with Crippen molar-refractivity contribution in [3.05, 3.63) is 58.7 Å². The number of halogens is 1. The molecule has 0 aliphatic heterocycles. The Labute approximate surface area is 122 Å². The first-order chi connectivity index (χ1) is 9.69. The number of carbonyl (C=O) groups excluding carboxylic acids is 1. The normalized spacial score (nSPS) is 10.1. The van der Waals surface area contributed by atoms with Crippen LogP contribution >= 0.6 is 11.6 Å². The Morgan fingerprint density at radius 3 is 2.65 bits per heavy atom. The number of amides is 1. The number of nitrogen functional groups attached to an aromatic ring is 1. The summed E-state index contributed by atoms with van der Waals surface area (Å²) in [6.07, 6.45) is 0.734. The number of nitrogens with zero attached hydrogens (tertiary/aromatic N) is 1. The molecule has 0 aliphatic rings. The van der Waals surface area contributed by atoms with Crippen molar-refractivity contribution >= 4 is 23.3 Å². The first-order valence-electron chi connectivity index (χ1n) is 6.15. The summed E-state index contributed by atoms with van der Waals surface area (Å²) in [6.45, 7) is 0.530. The maximum atomic E-state index is 11.9. The summed E-state index contributed by atoms with van der Waals surface area (Å²) in [5.74, 6) is 5.48. The van der Waals surface area contributed by atoms with Crippen LogP contribution in [-0.2, 0) is 6.42 Å². The highest BCUT2D eigenvalue weighted by Crippen LogP contribution is 2.09. The van der Waals surface area contributed by atoms with Crippen LogP contribution in [0.1, 0.15) is 16.1 Å². The van der Waals surface area contributed by atoms with E-state index in [9.17, 15) is 4.79 Å². The Morgan fingerprint density at radius 2 is 1.95 bits per heavy atom. The van der Waals surface area contributed by atoms with E-state index in [1.54, 1.807) is 18.2 Å². The van der Waals surface area contributed by atoms with E-state index < -0.39 is 0 Å². The van der Waals surface area contributed by atoms with Crippen LogP contribution in [0.3, 0.4) is 0 Å². The fourth-order valence-electron chi connectivity index (χ4n) is 1.70. The molecule has 0 saturated heterocycles. The molecule has 4 N–H and O–H groups in total. The Hall–Kier alpha value is -2.11. The minimum atomic E-state index is -0.226. The zero-order valence-corrected chi connectivity index (χ0v) is 11.5. The van der Waals surface area contributed by atoms with Gasteiger partial charge < -0.3 is 10.7 Å². The van der Waals surface area contributed by atoms with Crippen molar-refractivity contribution in [1.82, 2.24) is 10.3 Å². The Morgan fingerprint density at radius 1 is 1.20 bits per heavy atom. The van der Waals surface area contributed by atoms with Crippen LogP contribution in [0.2, 0.25) is 5.02 Å². The molecule has 1 aromatic carbocycles. The van der Waals surface area contributed by atoms with Crippen LogP contribution in [0.15, 0.2) is 42.5 Å². The van der Waals surface area contributed by atoms with Gasteiger partial charge in [0.15, 0.2) is 0 Å². The molecule has 0 bridgehead atoms. The van der Waals surface area contributed by atoms with Crippen molar-refractivity contribution < 1.29 is 4.79 Å². The lowest BCUT2D eigenvalue weighted by Gasteiger charge is -2.06. The first kappa shape index (κ1) is 14.3. The van der Waals surface area contributed by atoms with Gasteiger partial charge in [-0.25, -0.2) is 10.8 Å². The van der Waals surface area contributed by atoms with Crippen molar-refractivity contribution in [1.29, 1.82) is 0 Å². The lowest BCUT2D eigenvalue weighted by atomic mass is 10.1. The summed E-state index contributed by atoms with van der Waals surface area (Å²) < 4.78 is 0. The Balaban J connectivity index is 1.87. The van der Waals surface area contributed by atoms with E-state index >= 15 is 0 Å². The van der Waals surface area contributed by atoms with Crippen molar-refractivity contribution in [3.63, 3.8) is 0 Å². The molecule has 0 aliphatic carbocycles. The topological polar surface area (TPSA) is 80.0 Å². The summed E-state index contributed by atoms with van der Waals surface area (Å²) in [5, 5.41) is 3.51. The molecule has 6 heteroatoms. The van der Waals surface area contributed by atoms with Gasteiger partial charge >= 0.3 is 0 Å². The monoisotopic (exact) mass is 290 g/mol. The fraction of sp³-hybridized carbons (Fsp3) is 0.143. The number of hydrogen-bond acceptors (Lipinski definition) is 4. The highest BCUT2D eigenvalue weighted by molar-refractivity contribution is 6.30. The number of rotatable bonds is 5. The molecular formula is C14H15ClN4O. The van der Waals surface area contributed by atoms with E-state index in [4.69, 9.17) is 17.4 Å². The molecule has 0 unspecified atom stereocenters. The smallest absolute Gasteiger partial charge is 0.269 e. The van der Waals surface area contributed by atoms with Gasteiger partial charge in [0, 0.05) is 11.6 Å². The molecule has 0 saturated carbocycles. The SMILES string of the molecule is NNc1cccc(C(=O)NCCc2ccc(Cl)cc2)n1. The molecule has 5 nitrogen and oxygen atoms in total. The number of aromatic nitrogens is 1. The van der Waals surface area contributed by atoms with Gasteiger partial charge in [-0.05, 0) is 36.2 Å². The highest BCUT2D eigenvalue weighted by Gasteiger charge is 2.06. The molecule has 0 radical (unpaired) electrons. The molecule has 0 fully saturated rings. The molecule has 0 spiro atoms. The van der Waals surface area contributed by atoms with E-state index in [1.165, 1.54) is 0 Å². The second-order valence-electron chi connectivity index (χ2n) is 4.18. The minimum absolute atomic E-state index is 0.226. The number of hydrogen-bond donors (Lipinski definition) is 3. The number of carbonyl (C=O) groups is 1. The first-order valence-corrected chi connectivity index (χ1v) is 6.53. The van der Waals surface area contributed by atoms with E-state index in [1.807, 2.05) is 24.3 Å². The molecular weight excluding hydrogens is 276 g/mol. The molecule has 104 valence electrons. The third-order valence-corrected chi connectivity index (χ3v) is 2.99. The van der Waals surface area contributed by atoms with E-state index in [-0.39, 0.29) is 5.91 Å². The maximum Gasteiger partial charge on any atom is 0.269 e. The number of benzene rings is 1. The fourth-order valence-corrected chi connectivity index (χ4v) is 1.83. The van der Waals surface area contributed by atoms with E-state index in [0.717, 1.165) is 12.0 Å². The average molecular weight is 291 g/mol. The summed E-state index contributed by atoms with van der Waals surface area (Å²) in [4.78, 5) is 16.0. The highest BCUT2D eigenvalue weighted by atomic mass is 35.5. The lowest BCUT2D eigenvalue weighted by Crippen LogP contribution is -2.26. The van der Waals surface area contributed by atoms with Gasteiger partial charge in [-0.1, -0.05) is 29.8 Å². The third kappa shape index (κ3) is 3.94. The van der Waals surface area contributed by atoms with Crippen molar-refractivity contribution in [2.75, 3.05) is 12.0 Å². The van der Waals surface area contributed by atoms with Crippen LogP contribution in [0.4, 0.5) is 5.82 Å². The van der Waals surface area contributed by atoms with Gasteiger partial charge in [0.1, 0.15) is 11.5 Å². The standard InChI is InChI=1S/C14H15ClN4O/c15-11-6-4-10(5-7-11)8-9-17-14(20)12-2-1-3-13(18-12)19-16/h1-7H,8-9,16H2,(H,17,20)(H,18,19). The number of pyridine rings is 1. The van der Waals surface area contributed by atoms with Gasteiger partial charge in [-0.2, -0.15) is 0 Å². The van der Waals surface area contributed by atoms with Crippen LogP contribution in [0.25, 0.3) is 0 Å². The Bertz CT molecular complexity index is 586. The second-order valence-corrected chi connectivity index (χ2v) is 4.62. The Kier molecular flexibility index (Phi) is 4.92. The average Bonchev–Trinajstić information content (AvgIpc) is 2.49. The largest absolute Gasteiger partial charge is 0.350 e. The van der Waals surface area contributed by atoms with Crippen molar-refractivity contribution in [3.8, 4) is 0 Å². The molecule has 2 aromatic rings. The predicted molar refractivity (Wildman–Crippen MR) is 79.5 cm³/mol. The van der Waals surface area contributed by atoms with Gasteiger partial charge in [-0.15, -0.1) is 0 Å². The third-order valence-electron chi connectivity index (χ3n) is 2.74. The zero-order valence-electron chi connectivity index (χ0n) is 10.8. The summed E-state index contributed by atoms with van der Waals surface area (Å²) in [5.41, 5.74) is 3.85. The van der Waals surface area contributed by atoms with Crippen LogP contribution in [0, 0.1) is 0 Å². The van der Waals surface area contributed by atoms with Crippen LogP contribution in [0.5, 0.6) is 0 Å². The summed E-state index contributed by atoms with van der Waals surface area (Å²) in [7, 11) is 0. The molecule has 1 aromatic heterocycles. The number of nitrogens with two attached hydrogens (primary N) is 1.